The van der Waals surface area contributed by atoms with E-state index in [1.807, 2.05) is 23.9 Å². The second-order valence-electron chi connectivity index (χ2n) is 4.31. The molecule has 2 unspecified atom stereocenters. The first kappa shape index (κ1) is 12.6. The number of rotatable bonds is 4. The summed E-state index contributed by atoms with van der Waals surface area (Å²) < 4.78 is 0. The standard InChI is InChI=1S/C12H17N3S2/c1-17-10-3-2-8(6-10)15-9-4-5-14-11(7-9)12(13)16/h4-5,7-8,10H,2-3,6H2,1H3,(H2,13,16)(H,14,15). The summed E-state index contributed by atoms with van der Waals surface area (Å²) in [6, 6.07) is 4.46. The third kappa shape index (κ3) is 3.33. The van der Waals surface area contributed by atoms with Crippen LogP contribution in [0.15, 0.2) is 18.3 Å². The van der Waals surface area contributed by atoms with Gasteiger partial charge >= 0.3 is 0 Å². The summed E-state index contributed by atoms with van der Waals surface area (Å²) in [6.07, 6.45) is 7.69. The number of hydrogen-bond acceptors (Lipinski definition) is 4. The Morgan fingerprint density at radius 1 is 1.59 bits per heavy atom. The van der Waals surface area contributed by atoms with E-state index < -0.39 is 0 Å². The zero-order chi connectivity index (χ0) is 12.3. The Hall–Kier alpha value is -0.810. The summed E-state index contributed by atoms with van der Waals surface area (Å²) >= 11 is 6.89. The second kappa shape index (κ2) is 5.69. The molecule has 3 nitrogen and oxygen atoms in total. The van der Waals surface area contributed by atoms with Crippen LogP contribution in [0.5, 0.6) is 0 Å². The fourth-order valence-electron chi connectivity index (χ4n) is 2.18. The van der Waals surface area contributed by atoms with E-state index in [4.69, 9.17) is 18.0 Å². The smallest absolute Gasteiger partial charge is 0.122 e. The van der Waals surface area contributed by atoms with Crippen LogP contribution in [0.1, 0.15) is 25.0 Å². The first-order chi connectivity index (χ1) is 8.19. The third-order valence-corrected chi connectivity index (χ3v) is 4.40. The number of thiocarbonyl (C=S) groups is 1. The number of nitrogens with two attached hydrogens (primary N) is 1. The summed E-state index contributed by atoms with van der Waals surface area (Å²) in [5, 5.41) is 4.33. The van der Waals surface area contributed by atoms with Crippen molar-refractivity contribution in [1.29, 1.82) is 0 Å². The minimum absolute atomic E-state index is 0.349. The van der Waals surface area contributed by atoms with E-state index in [0.717, 1.165) is 10.9 Å². The minimum atomic E-state index is 0.349. The van der Waals surface area contributed by atoms with Gasteiger partial charge in [-0.1, -0.05) is 12.2 Å². The number of nitrogens with zero attached hydrogens (tertiary/aromatic N) is 1. The lowest BCUT2D eigenvalue weighted by molar-refractivity contribution is 0.757. The molecule has 0 amide bonds. The lowest BCUT2D eigenvalue weighted by Gasteiger charge is -2.14. The van der Waals surface area contributed by atoms with Gasteiger partial charge in [0.1, 0.15) is 4.99 Å². The topological polar surface area (TPSA) is 50.9 Å². The highest BCUT2D eigenvalue weighted by Gasteiger charge is 2.23. The van der Waals surface area contributed by atoms with Crippen molar-refractivity contribution in [3.8, 4) is 0 Å². The molecular formula is C12H17N3S2. The maximum absolute atomic E-state index is 5.57. The summed E-state index contributed by atoms with van der Waals surface area (Å²) in [6.45, 7) is 0. The van der Waals surface area contributed by atoms with Gasteiger partial charge in [0.15, 0.2) is 0 Å². The van der Waals surface area contributed by atoms with Crippen molar-refractivity contribution in [2.75, 3.05) is 11.6 Å². The average Bonchev–Trinajstić information content (AvgIpc) is 2.77. The van der Waals surface area contributed by atoms with Crippen molar-refractivity contribution >= 4 is 34.7 Å². The fraction of sp³-hybridized carbons (Fsp3) is 0.500. The molecule has 1 aliphatic carbocycles. The SMILES string of the molecule is CSC1CCC(Nc2ccnc(C(N)=S)c2)C1. The highest BCUT2D eigenvalue weighted by molar-refractivity contribution is 7.99. The first-order valence-corrected chi connectivity index (χ1v) is 7.44. The molecule has 0 bridgehead atoms. The maximum atomic E-state index is 5.57. The van der Waals surface area contributed by atoms with Crippen molar-refractivity contribution in [3.05, 3.63) is 24.0 Å². The second-order valence-corrected chi connectivity index (χ2v) is 5.88. The molecule has 92 valence electrons. The molecule has 2 rings (SSSR count). The number of nitrogens with one attached hydrogen (secondary N) is 1. The molecule has 0 radical (unpaired) electrons. The Kier molecular flexibility index (Phi) is 4.23. The van der Waals surface area contributed by atoms with Crippen LogP contribution in [0.3, 0.4) is 0 Å². The maximum Gasteiger partial charge on any atom is 0.122 e. The van der Waals surface area contributed by atoms with E-state index in [1.54, 1.807) is 6.20 Å². The Bertz CT molecular complexity index is 408. The molecule has 3 N–H and O–H groups in total. The summed E-state index contributed by atoms with van der Waals surface area (Å²) in [5.41, 5.74) is 7.32. The van der Waals surface area contributed by atoms with E-state index in [2.05, 4.69) is 16.6 Å². The fourth-order valence-corrected chi connectivity index (χ4v) is 3.08. The summed E-state index contributed by atoms with van der Waals surface area (Å²) in [4.78, 5) is 4.48. The molecule has 1 fully saturated rings. The number of thioether (sulfide) groups is 1. The zero-order valence-electron chi connectivity index (χ0n) is 9.85. The highest BCUT2D eigenvalue weighted by atomic mass is 32.2. The van der Waals surface area contributed by atoms with Gasteiger partial charge in [0.2, 0.25) is 0 Å². The van der Waals surface area contributed by atoms with Gasteiger partial charge in [-0.3, -0.25) is 4.98 Å². The number of anilines is 1. The molecular weight excluding hydrogens is 250 g/mol. The van der Waals surface area contributed by atoms with Crippen LogP contribution in [0.25, 0.3) is 0 Å². The lowest BCUT2D eigenvalue weighted by atomic mass is 10.2. The van der Waals surface area contributed by atoms with Crippen molar-refractivity contribution in [3.63, 3.8) is 0 Å². The molecule has 1 heterocycles. The van der Waals surface area contributed by atoms with Crippen LogP contribution in [0.4, 0.5) is 5.69 Å². The van der Waals surface area contributed by atoms with Gasteiger partial charge in [-0.15, -0.1) is 0 Å². The minimum Gasteiger partial charge on any atom is -0.388 e. The Labute approximate surface area is 112 Å². The number of hydrogen-bond donors (Lipinski definition) is 2. The van der Waals surface area contributed by atoms with Crippen LogP contribution in [0, 0.1) is 0 Å². The first-order valence-electron chi connectivity index (χ1n) is 5.74. The van der Waals surface area contributed by atoms with Gasteiger partial charge in [-0.2, -0.15) is 11.8 Å². The monoisotopic (exact) mass is 267 g/mol. The average molecular weight is 267 g/mol. The third-order valence-electron chi connectivity index (χ3n) is 3.10. The largest absolute Gasteiger partial charge is 0.388 e. The van der Waals surface area contributed by atoms with Gasteiger partial charge in [0, 0.05) is 23.2 Å². The number of aromatic nitrogens is 1. The van der Waals surface area contributed by atoms with Gasteiger partial charge in [-0.05, 0) is 37.7 Å². The van der Waals surface area contributed by atoms with Crippen molar-refractivity contribution in [2.24, 2.45) is 5.73 Å². The van der Waals surface area contributed by atoms with E-state index in [0.29, 0.717) is 16.7 Å². The predicted octanol–water partition coefficient (Wildman–Crippen LogP) is 2.41. The van der Waals surface area contributed by atoms with E-state index in [1.165, 1.54) is 19.3 Å². The van der Waals surface area contributed by atoms with E-state index >= 15 is 0 Å². The molecule has 1 saturated carbocycles. The molecule has 17 heavy (non-hydrogen) atoms. The van der Waals surface area contributed by atoms with Gasteiger partial charge in [0.25, 0.3) is 0 Å². The Morgan fingerprint density at radius 3 is 3.06 bits per heavy atom. The molecule has 0 aliphatic heterocycles. The van der Waals surface area contributed by atoms with Crippen LogP contribution in [0.2, 0.25) is 0 Å². The Morgan fingerprint density at radius 2 is 2.41 bits per heavy atom. The molecule has 0 aromatic carbocycles. The van der Waals surface area contributed by atoms with Crippen LogP contribution < -0.4 is 11.1 Å². The molecule has 1 aliphatic rings. The van der Waals surface area contributed by atoms with Crippen LogP contribution >= 0.6 is 24.0 Å². The molecule has 5 heteroatoms. The molecule has 0 saturated heterocycles. The van der Waals surface area contributed by atoms with E-state index in [9.17, 15) is 0 Å². The molecule has 1 aromatic heterocycles. The number of pyridine rings is 1. The lowest BCUT2D eigenvalue weighted by Crippen LogP contribution is -2.17. The van der Waals surface area contributed by atoms with Gasteiger partial charge in [-0.25, -0.2) is 0 Å². The van der Waals surface area contributed by atoms with Gasteiger partial charge < -0.3 is 11.1 Å². The zero-order valence-corrected chi connectivity index (χ0v) is 11.5. The van der Waals surface area contributed by atoms with Crippen LogP contribution in [-0.4, -0.2) is 27.5 Å². The van der Waals surface area contributed by atoms with E-state index in [-0.39, 0.29) is 0 Å². The molecule has 1 aromatic rings. The Balaban J connectivity index is 1.99. The highest BCUT2D eigenvalue weighted by Crippen LogP contribution is 2.30. The summed E-state index contributed by atoms with van der Waals surface area (Å²) in [5.74, 6) is 0. The van der Waals surface area contributed by atoms with Crippen LogP contribution in [-0.2, 0) is 0 Å². The molecule has 2 atom stereocenters. The van der Waals surface area contributed by atoms with Crippen molar-refractivity contribution in [1.82, 2.24) is 4.98 Å². The molecule has 0 spiro atoms. The summed E-state index contributed by atoms with van der Waals surface area (Å²) in [7, 11) is 0. The van der Waals surface area contributed by atoms with Crippen molar-refractivity contribution in [2.45, 2.75) is 30.6 Å². The normalized spacial score (nSPS) is 23.6. The van der Waals surface area contributed by atoms with Crippen molar-refractivity contribution < 1.29 is 0 Å². The van der Waals surface area contributed by atoms with Gasteiger partial charge in [0.05, 0.1) is 5.69 Å². The quantitative estimate of drug-likeness (QED) is 0.821. The predicted molar refractivity (Wildman–Crippen MR) is 78.7 cm³/mol.